The summed E-state index contributed by atoms with van der Waals surface area (Å²) in [5.74, 6) is 1.66. The standard InChI is InChI=1S/C16H18BrNO2S/c1-11-3-4-13(21-11)10-18-9-12-7-14(17)16-15(8-12)19-5-2-6-20-16/h3-4,7-8,18H,2,5-6,9-10H2,1H3. The van der Waals surface area contributed by atoms with E-state index in [-0.39, 0.29) is 0 Å². The summed E-state index contributed by atoms with van der Waals surface area (Å²) >= 11 is 5.41. The molecule has 1 aromatic carbocycles. The third-order valence-electron chi connectivity index (χ3n) is 3.29. The molecule has 0 saturated heterocycles. The van der Waals surface area contributed by atoms with Gasteiger partial charge in [-0.3, -0.25) is 0 Å². The smallest absolute Gasteiger partial charge is 0.175 e. The van der Waals surface area contributed by atoms with Crippen molar-refractivity contribution >= 4 is 27.3 Å². The Labute approximate surface area is 137 Å². The van der Waals surface area contributed by atoms with E-state index in [1.165, 1.54) is 15.3 Å². The van der Waals surface area contributed by atoms with Gasteiger partial charge in [0, 0.05) is 29.3 Å². The van der Waals surface area contributed by atoms with Crippen molar-refractivity contribution in [2.24, 2.45) is 0 Å². The number of rotatable bonds is 4. The first-order chi connectivity index (χ1) is 10.2. The molecule has 3 nitrogen and oxygen atoms in total. The summed E-state index contributed by atoms with van der Waals surface area (Å²) < 4.78 is 12.4. The van der Waals surface area contributed by atoms with E-state index in [2.05, 4.69) is 52.4 Å². The highest BCUT2D eigenvalue weighted by Gasteiger charge is 2.15. The molecule has 2 aromatic rings. The average molecular weight is 368 g/mol. The second-order valence-electron chi connectivity index (χ2n) is 5.07. The Hall–Kier alpha value is -1.04. The van der Waals surface area contributed by atoms with Crippen LogP contribution in [-0.4, -0.2) is 13.2 Å². The molecule has 2 heterocycles. The molecule has 1 N–H and O–H groups in total. The normalized spacial score (nSPS) is 14.0. The first-order valence-corrected chi connectivity index (χ1v) is 8.67. The van der Waals surface area contributed by atoms with Crippen molar-refractivity contribution < 1.29 is 9.47 Å². The largest absolute Gasteiger partial charge is 0.490 e. The van der Waals surface area contributed by atoms with E-state index in [9.17, 15) is 0 Å². The zero-order valence-electron chi connectivity index (χ0n) is 11.9. The number of fused-ring (bicyclic) bond motifs is 1. The van der Waals surface area contributed by atoms with E-state index in [0.29, 0.717) is 13.2 Å². The molecule has 1 aliphatic heterocycles. The minimum absolute atomic E-state index is 0.709. The SMILES string of the molecule is Cc1ccc(CNCc2cc(Br)c3c(c2)OCCCO3)s1. The molecule has 1 aliphatic rings. The zero-order chi connectivity index (χ0) is 14.7. The van der Waals surface area contributed by atoms with Crippen LogP contribution in [0.15, 0.2) is 28.7 Å². The highest BCUT2D eigenvalue weighted by Crippen LogP contribution is 2.38. The van der Waals surface area contributed by atoms with Crippen LogP contribution in [0.25, 0.3) is 0 Å². The van der Waals surface area contributed by atoms with Crippen molar-refractivity contribution in [1.29, 1.82) is 0 Å². The van der Waals surface area contributed by atoms with E-state index in [4.69, 9.17) is 9.47 Å². The highest BCUT2D eigenvalue weighted by atomic mass is 79.9. The molecule has 21 heavy (non-hydrogen) atoms. The Morgan fingerprint density at radius 3 is 2.86 bits per heavy atom. The molecular weight excluding hydrogens is 350 g/mol. The molecule has 0 spiro atoms. The molecule has 0 unspecified atom stereocenters. The van der Waals surface area contributed by atoms with Crippen molar-refractivity contribution in [3.8, 4) is 11.5 Å². The lowest BCUT2D eigenvalue weighted by molar-refractivity contribution is 0.296. The van der Waals surface area contributed by atoms with Gasteiger partial charge in [0.1, 0.15) is 0 Å². The number of aryl methyl sites for hydroxylation is 1. The summed E-state index contributed by atoms with van der Waals surface area (Å²) in [6.45, 7) is 5.26. The topological polar surface area (TPSA) is 30.5 Å². The Bertz CT molecular complexity index is 627. The van der Waals surface area contributed by atoms with Gasteiger partial charge >= 0.3 is 0 Å². The second kappa shape index (κ2) is 6.81. The van der Waals surface area contributed by atoms with Crippen molar-refractivity contribution in [2.45, 2.75) is 26.4 Å². The average Bonchev–Trinajstić information content (AvgIpc) is 2.73. The quantitative estimate of drug-likeness (QED) is 0.874. The van der Waals surface area contributed by atoms with E-state index < -0.39 is 0 Å². The molecule has 1 aromatic heterocycles. The maximum absolute atomic E-state index is 5.76. The van der Waals surface area contributed by atoms with Gasteiger partial charge in [-0.1, -0.05) is 0 Å². The van der Waals surface area contributed by atoms with Crippen LogP contribution in [0.4, 0.5) is 0 Å². The first-order valence-electron chi connectivity index (χ1n) is 7.06. The highest BCUT2D eigenvalue weighted by molar-refractivity contribution is 9.10. The lowest BCUT2D eigenvalue weighted by Gasteiger charge is -2.12. The predicted molar refractivity (Wildman–Crippen MR) is 89.3 cm³/mol. The minimum atomic E-state index is 0.709. The van der Waals surface area contributed by atoms with E-state index in [1.54, 1.807) is 0 Å². The van der Waals surface area contributed by atoms with E-state index >= 15 is 0 Å². The van der Waals surface area contributed by atoms with Crippen LogP contribution >= 0.6 is 27.3 Å². The van der Waals surface area contributed by atoms with Crippen molar-refractivity contribution in [2.75, 3.05) is 13.2 Å². The molecule has 0 amide bonds. The number of hydrogen-bond acceptors (Lipinski definition) is 4. The fraction of sp³-hybridized carbons (Fsp3) is 0.375. The summed E-state index contributed by atoms with van der Waals surface area (Å²) in [5, 5.41) is 3.47. The number of thiophene rings is 1. The number of hydrogen-bond donors (Lipinski definition) is 1. The maximum atomic E-state index is 5.76. The van der Waals surface area contributed by atoms with Crippen LogP contribution in [0, 0.1) is 6.92 Å². The summed E-state index contributed by atoms with van der Waals surface area (Å²) in [6.07, 6.45) is 0.923. The van der Waals surface area contributed by atoms with Crippen LogP contribution in [0.3, 0.4) is 0 Å². The maximum Gasteiger partial charge on any atom is 0.175 e. The molecular formula is C16H18BrNO2S. The fourth-order valence-corrected chi connectivity index (χ4v) is 3.76. The van der Waals surface area contributed by atoms with E-state index in [0.717, 1.165) is 35.5 Å². The van der Waals surface area contributed by atoms with Gasteiger partial charge in [-0.25, -0.2) is 0 Å². The van der Waals surface area contributed by atoms with Crippen LogP contribution in [0.1, 0.15) is 21.7 Å². The van der Waals surface area contributed by atoms with Gasteiger partial charge in [0.05, 0.1) is 17.7 Å². The van der Waals surface area contributed by atoms with Crippen LogP contribution in [0.5, 0.6) is 11.5 Å². The summed E-state index contributed by atoms with van der Waals surface area (Å²) in [7, 11) is 0. The first kappa shape index (κ1) is 14.9. The molecule has 3 rings (SSSR count). The summed E-state index contributed by atoms with van der Waals surface area (Å²) in [6, 6.07) is 8.50. The monoisotopic (exact) mass is 367 g/mol. The molecule has 5 heteroatoms. The van der Waals surface area contributed by atoms with Crippen molar-refractivity contribution in [3.05, 3.63) is 44.1 Å². The third-order valence-corrected chi connectivity index (χ3v) is 4.88. The van der Waals surface area contributed by atoms with Crippen molar-refractivity contribution in [3.63, 3.8) is 0 Å². The Morgan fingerprint density at radius 1 is 1.19 bits per heavy atom. The molecule has 0 fully saturated rings. The van der Waals surface area contributed by atoms with Crippen molar-refractivity contribution in [1.82, 2.24) is 5.32 Å². The second-order valence-corrected chi connectivity index (χ2v) is 7.30. The van der Waals surface area contributed by atoms with Gasteiger partial charge in [-0.05, 0) is 52.7 Å². The van der Waals surface area contributed by atoms with Crippen LogP contribution in [0.2, 0.25) is 0 Å². The molecule has 0 saturated carbocycles. The van der Waals surface area contributed by atoms with Gasteiger partial charge in [-0.2, -0.15) is 0 Å². The summed E-state index contributed by atoms with van der Waals surface area (Å²) in [5.41, 5.74) is 1.19. The molecule has 112 valence electrons. The Morgan fingerprint density at radius 2 is 2.05 bits per heavy atom. The predicted octanol–water partition coefficient (Wildman–Crippen LogP) is 4.27. The van der Waals surface area contributed by atoms with Crippen LogP contribution in [-0.2, 0) is 13.1 Å². The molecule has 0 radical (unpaired) electrons. The lowest BCUT2D eigenvalue weighted by Crippen LogP contribution is -2.12. The molecule has 0 atom stereocenters. The zero-order valence-corrected chi connectivity index (χ0v) is 14.4. The molecule has 0 aliphatic carbocycles. The van der Waals surface area contributed by atoms with Gasteiger partial charge < -0.3 is 14.8 Å². The number of benzene rings is 1. The molecule has 0 bridgehead atoms. The number of nitrogens with one attached hydrogen (secondary N) is 1. The van der Waals surface area contributed by atoms with Gasteiger partial charge in [0.25, 0.3) is 0 Å². The van der Waals surface area contributed by atoms with Crippen LogP contribution < -0.4 is 14.8 Å². The van der Waals surface area contributed by atoms with Gasteiger partial charge in [0.15, 0.2) is 11.5 Å². The third kappa shape index (κ3) is 3.78. The van der Waals surface area contributed by atoms with E-state index in [1.807, 2.05) is 11.3 Å². The minimum Gasteiger partial charge on any atom is -0.490 e. The lowest BCUT2D eigenvalue weighted by atomic mass is 10.2. The number of halogens is 1. The fourth-order valence-electron chi connectivity index (χ4n) is 2.30. The Kier molecular flexibility index (Phi) is 4.83. The summed E-state index contributed by atoms with van der Waals surface area (Å²) in [4.78, 5) is 2.71. The number of ether oxygens (including phenoxy) is 2. The van der Waals surface area contributed by atoms with Gasteiger partial charge in [-0.15, -0.1) is 11.3 Å². The van der Waals surface area contributed by atoms with Gasteiger partial charge in [0.2, 0.25) is 0 Å². The Balaban J connectivity index is 1.65.